The fourth-order valence-corrected chi connectivity index (χ4v) is 3.77. The third kappa shape index (κ3) is 5.22. The van der Waals surface area contributed by atoms with Crippen LogP contribution in [0, 0.1) is 0 Å². The average Bonchev–Trinajstić information content (AvgIpc) is 3.26. The Morgan fingerprint density at radius 1 is 0.917 bits per heavy atom. The molecule has 36 heavy (non-hydrogen) atoms. The topological polar surface area (TPSA) is 76.9 Å². The largest absolute Gasteiger partial charge is 0.497 e. The van der Waals surface area contributed by atoms with E-state index in [4.69, 9.17) is 9.47 Å². The quantitative estimate of drug-likeness (QED) is 0.322. The number of anilines is 1. The van der Waals surface area contributed by atoms with Gasteiger partial charge in [-0.15, -0.1) is 0 Å². The molecule has 0 N–H and O–H groups in total. The van der Waals surface area contributed by atoms with Crippen LogP contribution in [-0.2, 0) is 11.3 Å². The van der Waals surface area contributed by atoms with E-state index in [0.717, 1.165) is 16.7 Å². The van der Waals surface area contributed by atoms with Crippen LogP contribution in [0.5, 0.6) is 17.5 Å². The summed E-state index contributed by atoms with van der Waals surface area (Å²) in [6.45, 7) is 0.281. The van der Waals surface area contributed by atoms with Crippen molar-refractivity contribution in [2.45, 2.75) is 6.54 Å². The first-order chi connectivity index (χ1) is 17.4. The highest BCUT2D eigenvalue weighted by Crippen LogP contribution is 2.32. The fraction of sp³-hybridized carbons (Fsp3) is 0.179. The van der Waals surface area contributed by atoms with Gasteiger partial charge in [-0.1, -0.05) is 54.6 Å². The number of aromatic nitrogens is 2. The SMILES string of the molecule is COc1cccc(Cn2c(Oc3ccc(-c4ccccc4)cc3)nc(N(C)C=O)c2C(=O)N(C)C)c1. The van der Waals surface area contributed by atoms with Gasteiger partial charge in [0.15, 0.2) is 11.5 Å². The van der Waals surface area contributed by atoms with Crippen LogP contribution < -0.4 is 14.4 Å². The molecule has 0 aliphatic carbocycles. The van der Waals surface area contributed by atoms with Crippen molar-refractivity contribution in [2.24, 2.45) is 0 Å². The van der Waals surface area contributed by atoms with Crippen molar-refractivity contribution in [3.8, 4) is 28.6 Å². The van der Waals surface area contributed by atoms with Gasteiger partial charge in [0.2, 0.25) is 6.41 Å². The number of hydrogen-bond acceptors (Lipinski definition) is 5. The summed E-state index contributed by atoms with van der Waals surface area (Å²) in [5, 5.41) is 0. The van der Waals surface area contributed by atoms with Gasteiger partial charge in [0, 0.05) is 21.1 Å². The molecule has 1 heterocycles. The molecule has 8 heteroatoms. The Labute approximate surface area is 210 Å². The number of carbonyl (C=O) groups is 2. The maximum absolute atomic E-state index is 13.2. The lowest BCUT2D eigenvalue weighted by Crippen LogP contribution is -2.28. The van der Waals surface area contributed by atoms with Crippen LogP contribution in [0.1, 0.15) is 16.1 Å². The maximum atomic E-state index is 13.2. The molecule has 0 atom stereocenters. The monoisotopic (exact) mass is 484 g/mol. The molecule has 0 aliphatic heterocycles. The van der Waals surface area contributed by atoms with E-state index in [1.807, 2.05) is 78.9 Å². The summed E-state index contributed by atoms with van der Waals surface area (Å²) in [5.41, 5.74) is 3.27. The minimum atomic E-state index is -0.302. The smallest absolute Gasteiger partial charge is 0.304 e. The first-order valence-corrected chi connectivity index (χ1v) is 11.4. The molecule has 2 amide bonds. The van der Waals surface area contributed by atoms with E-state index in [9.17, 15) is 9.59 Å². The third-order valence-corrected chi connectivity index (χ3v) is 5.66. The molecule has 0 radical (unpaired) electrons. The molecule has 8 nitrogen and oxygen atoms in total. The van der Waals surface area contributed by atoms with Crippen LogP contribution >= 0.6 is 0 Å². The number of imidazole rings is 1. The molecular formula is C28H28N4O4. The lowest BCUT2D eigenvalue weighted by Gasteiger charge is -2.17. The van der Waals surface area contributed by atoms with Crippen LogP contribution in [0.2, 0.25) is 0 Å². The van der Waals surface area contributed by atoms with Crippen LogP contribution in [0.15, 0.2) is 78.9 Å². The summed E-state index contributed by atoms with van der Waals surface area (Å²) in [5.74, 6) is 1.15. The molecule has 1 aromatic heterocycles. The van der Waals surface area contributed by atoms with Crippen molar-refractivity contribution >= 4 is 18.1 Å². The minimum absolute atomic E-state index is 0.194. The molecule has 0 saturated heterocycles. The second-order valence-corrected chi connectivity index (χ2v) is 8.41. The Balaban J connectivity index is 1.77. The zero-order valence-corrected chi connectivity index (χ0v) is 20.7. The summed E-state index contributed by atoms with van der Waals surface area (Å²) in [6.07, 6.45) is 0.614. The molecule has 4 rings (SSSR count). The zero-order valence-electron chi connectivity index (χ0n) is 20.7. The van der Waals surface area contributed by atoms with E-state index in [1.54, 1.807) is 32.8 Å². The Bertz CT molecular complexity index is 1350. The highest BCUT2D eigenvalue weighted by molar-refractivity contribution is 5.99. The second kappa shape index (κ2) is 10.8. The van der Waals surface area contributed by atoms with Crippen LogP contribution in [0.25, 0.3) is 11.1 Å². The number of rotatable bonds is 9. The van der Waals surface area contributed by atoms with Gasteiger partial charge in [0.25, 0.3) is 5.91 Å². The summed E-state index contributed by atoms with van der Waals surface area (Å²) >= 11 is 0. The molecule has 3 aromatic carbocycles. The van der Waals surface area contributed by atoms with E-state index < -0.39 is 0 Å². The van der Waals surface area contributed by atoms with E-state index >= 15 is 0 Å². The van der Waals surface area contributed by atoms with Crippen molar-refractivity contribution in [3.63, 3.8) is 0 Å². The van der Waals surface area contributed by atoms with Crippen molar-refractivity contribution < 1.29 is 19.1 Å². The van der Waals surface area contributed by atoms with Crippen LogP contribution in [0.3, 0.4) is 0 Å². The van der Waals surface area contributed by atoms with Gasteiger partial charge < -0.3 is 19.3 Å². The normalized spacial score (nSPS) is 10.6. The van der Waals surface area contributed by atoms with Gasteiger partial charge in [0.1, 0.15) is 11.5 Å². The standard InChI is InChI=1S/C28H28N4O4/c1-30(2)27(34)25-26(31(3)19-33)29-28(32(25)18-20-9-8-12-24(17-20)35-4)36-23-15-13-22(14-16-23)21-10-6-5-7-11-21/h5-17,19H,18H2,1-4H3. The Kier molecular flexibility index (Phi) is 7.34. The van der Waals surface area contributed by atoms with Crippen LogP contribution in [0.4, 0.5) is 5.82 Å². The number of hydrogen-bond donors (Lipinski definition) is 0. The predicted molar refractivity (Wildman–Crippen MR) is 139 cm³/mol. The van der Waals surface area contributed by atoms with Crippen molar-refractivity contribution in [2.75, 3.05) is 33.2 Å². The van der Waals surface area contributed by atoms with Crippen molar-refractivity contribution in [1.29, 1.82) is 0 Å². The second-order valence-electron chi connectivity index (χ2n) is 8.41. The molecule has 0 saturated carbocycles. The van der Waals surface area contributed by atoms with E-state index in [-0.39, 0.29) is 30.0 Å². The zero-order chi connectivity index (χ0) is 25.7. The first kappa shape index (κ1) is 24.5. The predicted octanol–water partition coefficient (Wildman–Crippen LogP) is 4.69. The number of ether oxygens (including phenoxy) is 2. The van der Waals surface area contributed by atoms with Crippen molar-refractivity contribution in [3.05, 3.63) is 90.1 Å². The molecule has 184 valence electrons. The Hall–Kier alpha value is -4.59. The van der Waals surface area contributed by atoms with E-state index in [0.29, 0.717) is 17.9 Å². The van der Waals surface area contributed by atoms with Gasteiger partial charge in [-0.05, 0) is 41.0 Å². The first-order valence-electron chi connectivity index (χ1n) is 11.4. The van der Waals surface area contributed by atoms with Gasteiger partial charge >= 0.3 is 6.01 Å². The fourth-order valence-electron chi connectivity index (χ4n) is 3.77. The Morgan fingerprint density at radius 2 is 1.61 bits per heavy atom. The summed E-state index contributed by atoms with van der Waals surface area (Å²) in [4.78, 5) is 32.1. The van der Waals surface area contributed by atoms with E-state index in [1.165, 1.54) is 9.80 Å². The molecular weight excluding hydrogens is 456 g/mol. The number of amides is 2. The number of methoxy groups -OCH3 is 1. The molecule has 0 bridgehead atoms. The number of benzene rings is 3. The van der Waals surface area contributed by atoms with Gasteiger partial charge in [-0.2, -0.15) is 4.98 Å². The van der Waals surface area contributed by atoms with E-state index in [2.05, 4.69) is 4.98 Å². The molecule has 4 aromatic rings. The molecule has 0 spiro atoms. The molecule has 0 unspecified atom stereocenters. The summed E-state index contributed by atoms with van der Waals surface area (Å²) in [6, 6.07) is 25.4. The summed E-state index contributed by atoms with van der Waals surface area (Å²) in [7, 11) is 6.45. The minimum Gasteiger partial charge on any atom is -0.497 e. The highest BCUT2D eigenvalue weighted by Gasteiger charge is 2.28. The van der Waals surface area contributed by atoms with Gasteiger partial charge in [0.05, 0.1) is 13.7 Å². The average molecular weight is 485 g/mol. The number of carbonyl (C=O) groups excluding carboxylic acids is 2. The highest BCUT2D eigenvalue weighted by atomic mass is 16.5. The van der Waals surface area contributed by atoms with Gasteiger partial charge in [-0.25, -0.2) is 0 Å². The maximum Gasteiger partial charge on any atom is 0.304 e. The summed E-state index contributed by atoms with van der Waals surface area (Å²) < 4.78 is 13.2. The molecule has 0 fully saturated rings. The number of nitrogens with zero attached hydrogens (tertiary/aromatic N) is 4. The Morgan fingerprint density at radius 3 is 2.25 bits per heavy atom. The third-order valence-electron chi connectivity index (χ3n) is 5.66. The van der Waals surface area contributed by atoms with Crippen LogP contribution in [-0.4, -0.2) is 55.0 Å². The molecule has 0 aliphatic rings. The van der Waals surface area contributed by atoms with Gasteiger partial charge in [-0.3, -0.25) is 14.2 Å². The lowest BCUT2D eigenvalue weighted by molar-refractivity contribution is -0.107. The van der Waals surface area contributed by atoms with Crippen molar-refractivity contribution in [1.82, 2.24) is 14.5 Å². The lowest BCUT2D eigenvalue weighted by atomic mass is 10.1.